The van der Waals surface area contributed by atoms with Gasteiger partial charge in [-0.15, -0.1) is 0 Å². The minimum atomic E-state index is -3.95. The van der Waals surface area contributed by atoms with Crippen molar-refractivity contribution in [1.82, 2.24) is 8.87 Å². The van der Waals surface area contributed by atoms with Crippen LogP contribution in [0.3, 0.4) is 0 Å². The summed E-state index contributed by atoms with van der Waals surface area (Å²) in [6.45, 7) is 7.57. The predicted molar refractivity (Wildman–Crippen MR) is 116 cm³/mol. The fourth-order valence-corrected chi connectivity index (χ4v) is 5.49. The summed E-state index contributed by atoms with van der Waals surface area (Å²) in [5, 5.41) is 0.224. The Labute approximate surface area is 181 Å². The van der Waals surface area contributed by atoms with Crippen LogP contribution in [0.4, 0.5) is 9.18 Å². The molecule has 1 aromatic heterocycles. The number of hydrogen-bond donors (Lipinski definition) is 0. The number of nitrogens with zero attached hydrogens (tertiary/aromatic N) is 2. The second-order valence-electron chi connectivity index (χ2n) is 8.79. The molecule has 2 heterocycles. The molecule has 0 radical (unpaired) electrons. The van der Waals surface area contributed by atoms with Crippen molar-refractivity contribution in [2.24, 2.45) is 0 Å². The van der Waals surface area contributed by atoms with Crippen LogP contribution in [0.2, 0.25) is 0 Å². The molecule has 6 nitrogen and oxygen atoms in total. The van der Waals surface area contributed by atoms with Gasteiger partial charge in [-0.25, -0.2) is 21.6 Å². The quantitative estimate of drug-likeness (QED) is 0.578. The van der Waals surface area contributed by atoms with Crippen LogP contribution in [-0.2, 0) is 27.7 Å². The van der Waals surface area contributed by atoms with Gasteiger partial charge in [0.1, 0.15) is 11.4 Å². The summed E-state index contributed by atoms with van der Waals surface area (Å²) in [4.78, 5) is 14.2. The van der Waals surface area contributed by atoms with Crippen molar-refractivity contribution >= 4 is 27.0 Å². The molecule has 3 aromatic rings. The van der Waals surface area contributed by atoms with Gasteiger partial charge in [-0.1, -0.05) is 23.8 Å². The molecule has 0 saturated carbocycles. The first kappa shape index (κ1) is 21.4. The van der Waals surface area contributed by atoms with E-state index in [9.17, 15) is 17.6 Å². The predicted octanol–water partition coefficient (Wildman–Crippen LogP) is 4.62. The lowest BCUT2D eigenvalue weighted by atomic mass is 10.0. The summed E-state index contributed by atoms with van der Waals surface area (Å²) >= 11 is 0. The summed E-state index contributed by atoms with van der Waals surface area (Å²) in [7, 11) is -3.95. The van der Waals surface area contributed by atoms with Gasteiger partial charge < -0.3 is 9.64 Å². The highest BCUT2D eigenvalue weighted by Gasteiger charge is 2.34. The van der Waals surface area contributed by atoms with Gasteiger partial charge in [0.15, 0.2) is 0 Å². The van der Waals surface area contributed by atoms with Crippen molar-refractivity contribution in [1.29, 1.82) is 0 Å². The molecule has 0 atom stereocenters. The number of amides is 1. The van der Waals surface area contributed by atoms with E-state index in [1.54, 1.807) is 51.1 Å². The zero-order chi connectivity index (χ0) is 22.6. The Hall–Kier alpha value is -2.87. The molecule has 31 heavy (non-hydrogen) atoms. The lowest BCUT2D eigenvalue weighted by molar-refractivity contribution is 0.0224. The van der Waals surface area contributed by atoms with Gasteiger partial charge in [0.25, 0.3) is 10.0 Å². The molecule has 0 spiro atoms. The number of aromatic nitrogens is 1. The molecule has 2 aromatic carbocycles. The lowest BCUT2D eigenvalue weighted by Gasteiger charge is -2.30. The minimum absolute atomic E-state index is 0.0814. The summed E-state index contributed by atoms with van der Waals surface area (Å²) in [5.74, 6) is -0.516. The molecule has 8 heteroatoms. The maximum absolute atomic E-state index is 14.9. The molecule has 0 saturated heterocycles. The van der Waals surface area contributed by atoms with E-state index < -0.39 is 27.5 Å². The summed E-state index contributed by atoms with van der Waals surface area (Å²) in [6.07, 6.45) is -0.231. The van der Waals surface area contributed by atoms with Crippen LogP contribution in [0.5, 0.6) is 0 Å². The topological polar surface area (TPSA) is 68.6 Å². The van der Waals surface area contributed by atoms with Crippen LogP contribution in [0.25, 0.3) is 10.9 Å². The first-order valence-electron chi connectivity index (χ1n) is 10.1. The molecule has 1 amide bonds. The van der Waals surface area contributed by atoms with Crippen molar-refractivity contribution in [3.05, 3.63) is 65.1 Å². The van der Waals surface area contributed by atoms with Crippen LogP contribution in [0.1, 0.15) is 37.6 Å². The number of carbonyl (C=O) groups is 1. The average Bonchev–Trinajstić information content (AvgIpc) is 3.02. The van der Waals surface area contributed by atoms with Gasteiger partial charge >= 0.3 is 6.09 Å². The fourth-order valence-electron chi connectivity index (χ4n) is 3.90. The van der Waals surface area contributed by atoms with E-state index in [0.717, 1.165) is 5.56 Å². The third-order valence-electron chi connectivity index (χ3n) is 5.28. The van der Waals surface area contributed by atoms with E-state index in [1.807, 2.05) is 6.92 Å². The van der Waals surface area contributed by atoms with Crippen molar-refractivity contribution in [3.63, 3.8) is 0 Å². The molecule has 0 fully saturated rings. The standard InChI is InChI=1S/C23H25FN2O4S/c1-15-8-10-16(11-9-15)31(28,29)26-19-12-13-25(22(27)30-23(2,3)4)14-17(19)21-18(24)6-5-7-20(21)26/h5-11H,12-14H2,1-4H3. The number of ether oxygens (including phenoxy) is 1. The van der Waals surface area contributed by atoms with Crippen molar-refractivity contribution in [2.75, 3.05) is 6.54 Å². The molecule has 0 unspecified atom stereocenters. The monoisotopic (exact) mass is 444 g/mol. The molecule has 0 N–H and O–H groups in total. The maximum atomic E-state index is 14.9. The molecular formula is C23H25FN2O4S. The normalized spacial score (nSPS) is 14.5. The number of aryl methyl sites for hydroxylation is 1. The van der Waals surface area contributed by atoms with Crippen LogP contribution in [0.15, 0.2) is 47.4 Å². The van der Waals surface area contributed by atoms with Gasteiger partial charge in [0.05, 0.1) is 17.0 Å². The van der Waals surface area contributed by atoms with Crippen LogP contribution < -0.4 is 0 Å². The third kappa shape index (κ3) is 3.80. The highest BCUT2D eigenvalue weighted by Crippen LogP contribution is 2.35. The Morgan fingerprint density at radius 1 is 1.10 bits per heavy atom. The van der Waals surface area contributed by atoms with Gasteiger partial charge in [0, 0.05) is 29.6 Å². The first-order chi connectivity index (χ1) is 14.5. The van der Waals surface area contributed by atoms with Crippen molar-refractivity contribution < 1.29 is 22.3 Å². The molecular weight excluding hydrogens is 419 g/mol. The minimum Gasteiger partial charge on any atom is -0.444 e. The van der Waals surface area contributed by atoms with Gasteiger partial charge in [-0.2, -0.15) is 0 Å². The lowest BCUT2D eigenvalue weighted by Crippen LogP contribution is -2.40. The number of fused-ring (bicyclic) bond motifs is 3. The van der Waals surface area contributed by atoms with Gasteiger partial charge in [-0.3, -0.25) is 0 Å². The summed E-state index contributed by atoms with van der Waals surface area (Å²) in [5.41, 5.74) is 1.56. The maximum Gasteiger partial charge on any atom is 0.410 e. The van der Waals surface area contributed by atoms with E-state index in [1.165, 1.54) is 21.0 Å². The van der Waals surface area contributed by atoms with E-state index in [-0.39, 0.29) is 35.3 Å². The van der Waals surface area contributed by atoms with Crippen molar-refractivity contribution in [3.8, 4) is 0 Å². The largest absolute Gasteiger partial charge is 0.444 e. The summed E-state index contributed by atoms with van der Waals surface area (Å²) < 4.78 is 48.7. The third-order valence-corrected chi connectivity index (χ3v) is 7.05. The SMILES string of the molecule is Cc1ccc(S(=O)(=O)n2c3c(c4c(F)cccc42)CN(C(=O)OC(C)(C)C)CC3)cc1. The zero-order valence-corrected chi connectivity index (χ0v) is 18.8. The molecule has 1 aliphatic rings. The molecule has 0 aliphatic carbocycles. The number of carbonyl (C=O) groups excluding carboxylic acids is 1. The first-order valence-corrected chi connectivity index (χ1v) is 11.5. The Morgan fingerprint density at radius 3 is 2.42 bits per heavy atom. The van der Waals surface area contributed by atoms with Crippen LogP contribution in [0, 0.1) is 12.7 Å². The average molecular weight is 445 g/mol. The Kier molecular flexibility index (Phi) is 5.08. The molecule has 164 valence electrons. The molecule has 4 rings (SSSR count). The second kappa shape index (κ2) is 7.37. The Morgan fingerprint density at radius 2 is 1.77 bits per heavy atom. The van der Waals surface area contributed by atoms with Crippen LogP contribution >= 0.6 is 0 Å². The van der Waals surface area contributed by atoms with Gasteiger partial charge in [0.2, 0.25) is 0 Å². The highest BCUT2D eigenvalue weighted by molar-refractivity contribution is 7.90. The van der Waals surface area contributed by atoms with Crippen LogP contribution in [-0.4, -0.2) is 35.5 Å². The number of rotatable bonds is 2. The molecule has 0 bridgehead atoms. The van der Waals surface area contributed by atoms with E-state index in [2.05, 4.69) is 0 Å². The van der Waals surface area contributed by atoms with Gasteiger partial charge in [-0.05, 0) is 52.0 Å². The second-order valence-corrected chi connectivity index (χ2v) is 10.6. The van der Waals surface area contributed by atoms with Crippen molar-refractivity contribution in [2.45, 2.75) is 51.2 Å². The molecule has 1 aliphatic heterocycles. The number of hydrogen-bond acceptors (Lipinski definition) is 4. The van der Waals surface area contributed by atoms with E-state index >= 15 is 0 Å². The number of benzene rings is 2. The van der Waals surface area contributed by atoms with E-state index in [0.29, 0.717) is 11.3 Å². The Bertz CT molecular complexity index is 1270. The van der Waals surface area contributed by atoms with E-state index in [4.69, 9.17) is 4.74 Å². The Balaban J connectivity index is 1.87. The zero-order valence-electron chi connectivity index (χ0n) is 18.0. The highest BCUT2D eigenvalue weighted by atomic mass is 32.2. The fraction of sp³-hybridized carbons (Fsp3) is 0.348. The summed E-state index contributed by atoms with van der Waals surface area (Å²) in [6, 6.07) is 11.0. The smallest absolute Gasteiger partial charge is 0.410 e. The number of halogens is 1.